The Kier molecular flexibility index (Phi) is 5.22. The maximum absolute atomic E-state index is 12.6. The van der Waals surface area contributed by atoms with Crippen molar-refractivity contribution in [2.75, 3.05) is 19.3 Å². The van der Waals surface area contributed by atoms with Crippen molar-refractivity contribution in [1.82, 2.24) is 9.62 Å². The number of hydrogen-bond donors (Lipinski definition) is 1. The van der Waals surface area contributed by atoms with Gasteiger partial charge in [-0.15, -0.1) is 0 Å². The number of nitrogens with one attached hydrogen (secondary N) is 1. The minimum absolute atomic E-state index is 0.179. The molecule has 6 nitrogen and oxygen atoms in total. The van der Waals surface area contributed by atoms with Gasteiger partial charge in [-0.05, 0) is 31.2 Å². The summed E-state index contributed by atoms with van der Waals surface area (Å²) in [6.07, 6.45) is 5.33. The number of benzene rings is 1. The van der Waals surface area contributed by atoms with Gasteiger partial charge >= 0.3 is 0 Å². The molecule has 2 rings (SSSR count). The van der Waals surface area contributed by atoms with E-state index in [1.165, 1.54) is 16.1 Å². The summed E-state index contributed by atoms with van der Waals surface area (Å²) in [4.78, 5) is 4.42. The monoisotopic (exact) mass is 324 g/mol. The van der Waals surface area contributed by atoms with Crippen LogP contribution in [0.5, 0.6) is 0 Å². The van der Waals surface area contributed by atoms with Gasteiger partial charge < -0.3 is 0 Å². The fourth-order valence-electron chi connectivity index (χ4n) is 2.12. The van der Waals surface area contributed by atoms with Gasteiger partial charge in [-0.2, -0.15) is 9.57 Å². The van der Waals surface area contributed by atoms with Gasteiger partial charge in [0.1, 0.15) is 4.90 Å². The molecule has 1 aliphatic rings. The Bertz CT molecular complexity index is 674. The van der Waals surface area contributed by atoms with Gasteiger partial charge in [0, 0.05) is 13.1 Å². The number of thioether (sulfide) groups is 1. The largest absolute Gasteiger partial charge is 0.271 e. The number of hydrogen-bond acceptors (Lipinski definition) is 5. The minimum atomic E-state index is -3.53. The quantitative estimate of drug-likeness (QED) is 0.397. The maximum Gasteiger partial charge on any atom is 0.245 e. The van der Waals surface area contributed by atoms with Crippen LogP contribution in [0.2, 0.25) is 0 Å². The Labute approximate surface area is 128 Å². The zero-order chi connectivity index (χ0) is 15.3. The summed E-state index contributed by atoms with van der Waals surface area (Å²) >= 11 is 1.25. The molecule has 1 saturated heterocycles. The first-order valence-electron chi connectivity index (χ1n) is 6.46. The average Bonchev–Trinajstić information content (AvgIpc) is 3.02. The summed E-state index contributed by atoms with van der Waals surface area (Å²) < 4.78 is 26.8. The van der Waals surface area contributed by atoms with Crippen LogP contribution < -0.4 is 5.32 Å². The van der Waals surface area contributed by atoms with Crippen molar-refractivity contribution in [1.29, 1.82) is 5.26 Å². The molecule has 1 aliphatic heterocycles. The highest BCUT2D eigenvalue weighted by Gasteiger charge is 2.29. The van der Waals surface area contributed by atoms with Gasteiger partial charge in [0.15, 0.2) is 11.4 Å². The van der Waals surface area contributed by atoms with E-state index < -0.39 is 10.0 Å². The number of amidine groups is 1. The smallest absolute Gasteiger partial charge is 0.245 e. The first-order valence-corrected chi connectivity index (χ1v) is 9.13. The first-order chi connectivity index (χ1) is 10.1. The van der Waals surface area contributed by atoms with Crippen LogP contribution in [0.1, 0.15) is 12.8 Å². The summed E-state index contributed by atoms with van der Waals surface area (Å²) in [7, 11) is -3.53. The number of nitriles is 1. The molecule has 8 heteroatoms. The predicted molar refractivity (Wildman–Crippen MR) is 83.8 cm³/mol. The third-order valence-corrected chi connectivity index (χ3v) is 5.65. The number of rotatable bonds is 3. The van der Waals surface area contributed by atoms with Gasteiger partial charge in [-0.3, -0.25) is 5.32 Å². The molecular weight excluding hydrogens is 308 g/mol. The van der Waals surface area contributed by atoms with Crippen molar-refractivity contribution in [2.45, 2.75) is 17.7 Å². The fourth-order valence-corrected chi connectivity index (χ4v) is 4.10. The highest BCUT2D eigenvalue weighted by Crippen LogP contribution is 2.29. The lowest BCUT2D eigenvalue weighted by molar-refractivity contribution is 0.477. The summed E-state index contributed by atoms with van der Waals surface area (Å²) in [5, 5.41) is 11.5. The van der Waals surface area contributed by atoms with Gasteiger partial charge in [-0.1, -0.05) is 23.9 Å². The molecule has 21 heavy (non-hydrogen) atoms. The van der Waals surface area contributed by atoms with Gasteiger partial charge in [0.25, 0.3) is 0 Å². The highest BCUT2D eigenvalue weighted by atomic mass is 32.2. The van der Waals surface area contributed by atoms with E-state index in [1.807, 2.05) is 0 Å². The molecule has 0 amide bonds. The molecule has 0 radical (unpaired) electrons. The maximum atomic E-state index is 12.6. The third-order valence-electron chi connectivity index (χ3n) is 3.13. The predicted octanol–water partition coefficient (Wildman–Crippen LogP) is 1.89. The van der Waals surface area contributed by atoms with Crippen LogP contribution in [0.4, 0.5) is 5.69 Å². The molecule has 1 fully saturated rings. The third kappa shape index (κ3) is 3.56. The van der Waals surface area contributed by atoms with E-state index in [-0.39, 0.29) is 4.90 Å². The van der Waals surface area contributed by atoms with E-state index >= 15 is 0 Å². The van der Waals surface area contributed by atoms with Crippen molar-refractivity contribution < 1.29 is 8.42 Å². The average molecular weight is 324 g/mol. The lowest BCUT2D eigenvalue weighted by atomic mass is 10.3. The summed E-state index contributed by atoms with van der Waals surface area (Å²) in [6, 6.07) is 6.60. The lowest BCUT2D eigenvalue weighted by Gasteiger charge is -2.16. The first kappa shape index (κ1) is 15.8. The molecule has 1 aromatic carbocycles. The van der Waals surface area contributed by atoms with Crippen LogP contribution in [0, 0.1) is 11.5 Å². The van der Waals surface area contributed by atoms with Crippen molar-refractivity contribution in [3.8, 4) is 6.19 Å². The molecule has 0 bridgehead atoms. The highest BCUT2D eigenvalue weighted by molar-refractivity contribution is 8.13. The molecule has 1 aromatic rings. The van der Waals surface area contributed by atoms with Crippen molar-refractivity contribution in [2.24, 2.45) is 4.99 Å². The second-order valence-electron chi connectivity index (χ2n) is 4.44. The summed E-state index contributed by atoms with van der Waals surface area (Å²) in [6.45, 7) is 1.10. The Morgan fingerprint density at radius 3 is 2.67 bits per heavy atom. The van der Waals surface area contributed by atoms with Crippen LogP contribution in [0.15, 0.2) is 34.2 Å². The van der Waals surface area contributed by atoms with Crippen LogP contribution >= 0.6 is 11.8 Å². The zero-order valence-corrected chi connectivity index (χ0v) is 13.2. The van der Waals surface area contributed by atoms with Gasteiger partial charge in [0.2, 0.25) is 10.0 Å². The van der Waals surface area contributed by atoms with Crippen LogP contribution in [-0.4, -0.2) is 37.2 Å². The number of sulfonamides is 1. The van der Waals surface area contributed by atoms with Gasteiger partial charge in [0.05, 0.1) is 5.69 Å². The molecule has 1 heterocycles. The van der Waals surface area contributed by atoms with E-state index in [9.17, 15) is 8.42 Å². The standard InChI is InChI=1S/C13H16N4O2S2/c1-20-13(15-10-14)16-11-6-2-3-7-12(11)21(18,19)17-8-4-5-9-17/h2-3,6-7H,4-5,8-9H2,1H3,(H,15,16). The molecule has 0 atom stereocenters. The molecule has 0 saturated carbocycles. The van der Waals surface area contributed by atoms with E-state index in [4.69, 9.17) is 5.26 Å². The van der Waals surface area contributed by atoms with E-state index in [0.29, 0.717) is 23.9 Å². The minimum Gasteiger partial charge on any atom is -0.271 e. The summed E-state index contributed by atoms with van der Waals surface area (Å²) in [5.41, 5.74) is 0.344. The topological polar surface area (TPSA) is 85.6 Å². The molecule has 1 N–H and O–H groups in total. The van der Waals surface area contributed by atoms with Gasteiger partial charge in [-0.25, -0.2) is 13.4 Å². The molecular formula is C13H16N4O2S2. The second-order valence-corrected chi connectivity index (χ2v) is 7.14. The van der Waals surface area contributed by atoms with E-state index in [2.05, 4.69) is 10.3 Å². The van der Waals surface area contributed by atoms with Crippen molar-refractivity contribution in [3.05, 3.63) is 24.3 Å². The zero-order valence-electron chi connectivity index (χ0n) is 11.6. The second kappa shape index (κ2) is 6.93. The van der Waals surface area contributed by atoms with Crippen molar-refractivity contribution in [3.63, 3.8) is 0 Å². The Hall–Kier alpha value is -1.56. The Morgan fingerprint density at radius 2 is 2.05 bits per heavy atom. The number of nitrogens with zero attached hydrogens (tertiary/aromatic N) is 3. The Morgan fingerprint density at radius 1 is 1.38 bits per heavy atom. The van der Waals surface area contributed by atoms with E-state index in [0.717, 1.165) is 12.8 Å². The Balaban J connectivity index is 2.44. The molecule has 0 aliphatic carbocycles. The normalized spacial score (nSPS) is 16.7. The van der Waals surface area contributed by atoms with E-state index in [1.54, 1.807) is 36.7 Å². The molecule has 0 unspecified atom stereocenters. The van der Waals surface area contributed by atoms with Crippen LogP contribution in [0.3, 0.4) is 0 Å². The fraction of sp³-hybridized carbons (Fsp3) is 0.385. The van der Waals surface area contributed by atoms with Crippen LogP contribution in [0.25, 0.3) is 0 Å². The van der Waals surface area contributed by atoms with Crippen LogP contribution in [-0.2, 0) is 10.0 Å². The summed E-state index contributed by atoms with van der Waals surface area (Å²) in [5.74, 6) is 0. The number of aliphatic imine (C=N–C) groups is 1. The molecule has 112 valence electrons. The lowest BCUT2D eigenvalue weighted by Crippen LogP contribution is -2.28. The molecule has 0 spiro atoms. The number of para-hydroxylation sites is 1. The molecule has 0 aromatic heterocycles. The SMILES string of the molecule is CSC(=Nc1ccccc1S(=O)(=O)N1CCCC1)NC#N. The van der Waals surface area contributed by atoms with Crippen molar-refractivity contribution >= 4 is 32.6 Å².